The molecule has 3 amide bonds. The maximum absolute atomic E-state index is 13.4. The van der Waals surface area contributed by atoms with Crippen molar-refractivity contribution in [2.24, 2.45) is 17.1 Å². The van der Waals surface area contributed by atoms with Crippen LogP contribution in [0.5, 0.6) is 0 Å². The van der Waals surface area contributed by atoms with Crippen molar-refractivity contribution in [3.8, 4) is 0 Å². The summed E-state index contributed by atoms with van der Waals surface area (Å²) in [5, 5.41) is 2.94. The van der Waals surface area contributed by atoms with Gasteiger partial charge in [0, 0.05) is 37.7 Å². The Morgan fingerprint density at radius 1 is 1.26 bits per heavy atom. The molecule has 9 heteroatoms. The summed E-state index contributed by atoms with van der Waals surface area (Å²) in [5.74, 6) is -1.35. The molecule has 9 nitrogen and oxygen atoms in total. The van der Waals surface area contributed by atoms with Crippen molar-refractivity contribution in [3.63, 3.8) is 0 Å². The fourth-order valence-corrected chi connectivity index (χ4v) is 5.80. The van der Waals surface area contributed by atoms with Crippen LogP contribution in [-0.2, 0) is 25.6 Å². The Labute approximate surface area is 181 Å². The molecule has 1 spiro atoms. The predicted molar refractivity (Wildman–Crippen MR) is 111 cm³/mol. The van der Waals surface area contributed by atoms with Gasteiger partial charge in [-0.2, -0.15) is 0 Å². The molecule has 1 aromatic rings. The molecule has 3 aliphatic rings. The van der Waals surface area contributed by atoms with Gasteiger partial charge in [0.1, 0.15) is 17.9 Å². The van der Waals surface area contributed by atoms with Crippen molar-refractivity contribution < 1.29 is 19.2 Å². The van der Waals surface area contributed by atoms with E-state index in [0.29, 0.717) is 31.5 Å². The summed E-state index contributed by atoms with van der Waals surface area (Å²) in [6.45, 7) is 0.438. The highest BCUT2D eigenvalue weighted by Crippen LogP contribution is 2.51. The molecule has 3 fully saturated rings. The summed E-state index contributed by atoms with van der Waals surface area (Å²) >= 11 is 0. The Hall–Kier alpha value is -2.71. The van der Waals surface area contributed by atoms with Crippen molar-refractivity contribution in [1.82, 2.24) is 20.2 Å². The third-order valence-electron chi connectivity index (χ3n) is 7.34. The third kappa shape index (κ3) is 4.36. The lowest BCUT2D eigenvalue weighted by molar-refractivity contribution is -0.142. The number of rotatable bonds is 6. The molecule has 1 unspecified atom stereocenters. The van der Waals surface area contributed by atoms with E-state index >= 15 is 0 Å². The van der Waals surface area contributed by atoms with Gasteiger partial charge in [0.15, 0.2) is 0 Å². The van der Waals surface area contributed by atoms with Crippen molar-refractivity contribution in [2.45, 2.75) is 76.3 Å². The lowest BCUT2D eigenvalue weighted by Crippen LogP contribution is -2.55. The number of imidazole rings is 1. The first-order valence-electron chi connectivity index (χ1n) is 11.3. The molecular formula is C22H31N5O4. The number of hydrogen-bond donors (Lipinski definition) is 3. The van der Waals surface area contributed by atoms with Crippen LogP contribution in [0.4, 0.5) is 0 Å². The molecule has 1 saturated heterocycles. The molecule has 2 saturated carbocycles. The lowest BCUT2D eigenvalue weighted by Gasteiger charge is -2.38. The molecule has 0 radical (unpaired) electrons. The highest BCUT2D eigenvalue weighted by Gasteiger charge is 2.51. The largest absolute Gasteiger partial charge is 0.368 e. The maximum Gasteiger partial charge on any atom is 0.246 e. The average Bonchev–Trinajstić information content (AvgIpc) is 3.48. The fourth-order valence-electron chi connectivity index (χ4n) is 5.80. The first-order chi connectivity index (χ1) is 14.9. The quantitative estimate of drug-likeness (QED) is 0.615. The van der Waals surface area contributed by atoms with Gasteiger partial charge in [0.2, 0.25) is 17.7 Å². The van der Waals surface area contributed by atoms with Crippen molar-refractivity contribution in [2.75, 3.05) is 6.54 Å². The second-order valence-electron chi connectivity index (χ2n) is 9.33. The number of primary amides is 1. The number of aromatic nitrogens is 2. The number of hydrogen-bond acceptors (Lipinski definition) is 5. The number of Topliss-reactive ketones (excluding diaryl/α,β-unsaturated/α-hetero) is 1. The molecule has 168 valence electrons. The van der Waals surface area contributed by atoms with Gasteiger partial charge >= 0.3 is 0 Å². The molecule has 2 heterocycles. The second-order valence-corrected chi connectivity index (χ2v) is 9.33. The number of likely N-dealkylation sites (tertiary alicyclic amines) is 1. The standard InChI is InChI=1S/C22H31N5O4/c23-19(29)18-5-4-8-27(18)21(31)17(9-14-12-24-13-25-14)26-20(30)16-10-15(28)11-22(16)6-2-1-3-7-22/h12-13,16-18H,1-11H2,(H2,23,29)(H,24,25)(H,26,30)/t16?,17-,18-/m0/s1. The zero-order chi connectivity index (χ0) is 22.0. The summed E-state index contributed by atoms with van der Waals surface area (Å²) in [5.41, 5.74) is 5.94. The number of carbonyl (C=O) groups is 4. The lowest BCUT2D eigenvalue weighted by atomic mass is 9.67. The molecule has 1 aliphatic heterocycles. The summed E-state index contributed by atoms with van der Waals surface area (Å²) in [7, 11) is 0. The first-order valence-corrected chi connectivity index (χ1v) is 11.3. The summed E-state index contributed by atoms with van der Waals surface area (Å²) in [6, 6.07) is -1.49. The van der Waals surface area contributed by atoms with Gasteiger partial charge in [0.05, 0.1) is 12.2 Å². The van der Waals surface area contributed by atoms with Crippen LogP contribution >= 0.6 is 0 Å². The summed E-state index contributed by atoms with van der Waals surface area (Å²) in [6.07, 6.45) is 10.3. The molecule has 4 N–H and O–H groups in total. The van der Waals surface area contributed by atoms with Crippen molar-refractivity contribution in [3.05, 3.63) is 18.2 Å². The van der Waals surface area contributed by atoms with Crippen LogP contribution in [0.25, 0.3) is 0 Å². The van der Waals surface area contributed by atoms with E-state index in [9.17, 15) is 19.2 Å². The normalized spacial score (nSPS) is 26.2. The highest BCUT2D eigenvalue weighted by molar-refractivity contribution is 5.95. The SMILES string of the molecule is NC(=O)[C@@H]1CCCN1C(=O)[C@H](Cc1cnc[nH]1)NC(=O)C1CC(=O)CC12CCCCC2. The molecule has 3 atom stereocenters. The molecule has 0 aromatic carbocycles. The summed E-state index contributed by atoms with van der Waals surface area (Å²) < 4.78 is 0. The minimum absolute atomic E-state index is 0.131. The molecule has 1 aromatic heterocycles. The zero-order valence-electron chi connectivity index (χ0n) is 17.8. The fraction of sp³-hybridized carbons (Fsp3) is 0.682. The van der Waals surface area contributed by atoms with Gasteiger partial charge in [-0.3, -0.25) is 19.2 Å². The average molecular weight is 430 g/mol. The minimum Gasteiger partial charge on any atom is -0.368 e. The van der Waals surface area contributed by atoms with Crippen molar-refractivity contribution >= 4 is 23.5 Å². The Morgan fingerprint density at radius 2 is 2.03 bits per heavy atom. The molecular weight excluding hydrogens is 398 g/mol. The minimum atomic E-state index is -0.843. The van der Waals surface area contributed by atoms with Gasteiger partial charge < -0.3 is 20.9 Å². The van der Waals surface area contributed by atoms with Gasteiger partial charge in [-0.1, -0.05) is 19.3 Å². The van der Waals surface area contributed by atoms with Crippen molar-refractivity contribution in [1.29, 1.82) is 0 Å². The summed E-state index contributed by atoms with van der Waals surface area (Å²) in [4.78, 5) is 59.3. The van der Waals surface area contributed by atoms with E-state index in [1.165, 1.54) is 11.2 Å². The Morgan fingerprint density at radius 3 is 2.71 bits per heavy atom. The van der Waals surface area contributed by atoms with E-state index in [2.05, 4.69) is 15.3 Å². The number of ketones is 1. The molecule has 31 heavy (non-hydrogen) atoms. The number of aromatic amines is 1. The van der Waals surface area contributed by atoms with Gasteiger partial charge in [-0.25, -0.2) is 4.98 Å². The Balaban J connectivity index is 1.54. The molecule has 0 bridgehead atoms. The monoisotopic (exact) mass is 429 g/mol. The van der Waals surface area contributed by atoms with Crippen LogP contribution in [0.3, 0.4) is 0 Å². The van der Waals surface area contributed by atoms with Crippen LogP contribution in [-0.4, -0.2) is 57.0 Å². The van der Waals surface area contributed by atoms with E-state index in [1.807, 2.05) is 0 Å². The number of amides is 3. The number of carbonyl (C=O) groups excluding carboxylic acids is 4. The third-order valence-corrected chi connectivity index (χ3v) is 7.34. The van der Waals surface area contributed by atoms with Crippen LogP contribution < -0.4 is 11.1 Å². The van der Waals surface area contributed by atoms with Gasteiger partial charge in [-0.15, -0.1) is 0 Å². The maximum atomic E-state index is 13.4. The number of nitrogens with zero attached hydrogens (tertiary/aromatic N) is 2. The van der Waals surface area contributed by atoms with Crippen LogP contribution in [0.15, 0.2) is 12.5 Å². The van der Waals surface area contributed by atoms with E-state index in [0.717, 1.165) is 32.1 Å². The molecule has 4 rings (SSSR count). The van der Waals surface area contributed by atoms with E-state index < -0.39 is 23.9 Å². The first kappa shape index (κ1) is 21.5. The van der Waals surface area contributed by atoms with E-state index in [1.54, 1.807) is 6.20 Å². The topological polar surface area (TPSA) is 138 Å². The zero-order valence-corrected chi connectivity index (χ0v) is 17.8. The predicted octanol–water partition coefficient (Wildman–Crippen LogP) is 0.843. The van der Waals surface area contributed by atoms with E-state index in [4.69, 9.17) is 5.73 Å². The van der Waals surface area contributed by atoms with Crippen LogP contribution in [0, 0.1) is 11.3 Å². The van der Waals surface area contributed by atoms with Gasteiger partial charge in [-0.05, 0) is 31.1 Å². The van der Waals surface area contributed by atoms with Crippen LogP contribution in [0.1, 0.15) is 63.5 Å². The van der Waals surface area contributed by atoms with E-state index in [-0.39, 0.29) is 35.9 Å². The highest BCUT2D eigenvalue weighted by atomic mass is 16.2. The van der Waals surface area contributed by atoms with Gasteiger partial charge in [0.25, 0.3) is 0 Å². The number of nitrogens with one attached hydrogen (secondary N) is 2. The smallest absolute Gasteiger partial charge is 0.246 e. The molecule has 2 aliphatic carbocycles. The Bertz CT molecular complexity index is 846. The number of nitrogens with two attached hydrogens (primary N) is 1. The second kappa shape index (κ2) is 8.80. The van der Waals surface area contributed by atoms with Crippen LogP contribution in [0.2, 0.25) is 0 Å². The number of H-pyrrole nitrogens is 1. The Kier molecular flexibility index (Phi) is 6.11.